The quantitative estimate of drug-likeness (QED) is 0.845. The summed E-state index contributed by atoms with van der Waals surface area (Å²) in [4.78, 5) is 0. The lowest BCUT2D eigenvalue weighted by atomic mass is 9.95. The minimum atomic E-state index is 0.932. The Morgan fingerprint density at radius 2 is 2.00 bits per heavy atom. The highest BCUT2D eigenvalue weighted by molar-refractivity contribution is 5.27. The van der Waals surface area contributed by atoms with Crippen LogP contribution in [-0.4, -0.2) is 19.7 Å². The van der Waals surface area contributed by atoms with E-state index in [1.54, 1.807) is 7.11 Å². The highest BCUT2D eigenvalue weighted by atomic mass is 16.5. The molecule has 0 amide bonds. The molecule has 0 spiro atoms. The number of ether oxygens (including phenoxy) is 1. The standard InChI is InChI=1S/C16H23NO/c1-18-15-6-3-12(4-7-15)8-9-17-16-11-13-2-5-14(16)10-13/h3-4,6-7,13-14,16-17H,2,5,8-11H2,1H3/p+1/t13-,14+,16+/m0/s1. The van der Waals surface area contributed by atoms with Gasteiger partial charge in [-0.15, -0.1) is 0 Å². The first-order chi connectivity index (χ1) is 8.85. The second-order valence-electron chi connectivity index (χ2n) is 5.96. The summed E-state index contributed by atoms with van der Waals surface area (Å²) in [6, 6.07) is 9.43. The van der Waals surface area contributed by atoms with Crippen molar-refractivity contribution in [2.45, 2.75) is 38.1 Å². The normalized spacial score (nSPS) is 29.7. The van der Waals surface area contributed by atoms with Crippen molar-refractivity contribution in [3.05, 3.63) is 29.8 Å². The van der Waals surface area contributed by atoms with E-state index in [9.17, 15) is 0 Å². The van der Waals surface area contributed by atoms with Crippen molar-refractivity contribution in [3.8, 4) is 5.75 Å². The van der Waals surface area contributed by atoms with E-state index in [2.05, 4.69) is 29.6 Å². The summed E-state index contributed by atoms with van der Waals surface area (Å²) in [5, 5.41) is 2.61. The van der Waals surface area contributed by atoms with Gasteiger partial charge in [0.05, 0.1) is 19.7 Å². The lowest BCUT2D eigenvalue weighted by Gasteiger charge is -2.19. The minimum absolute atomic E-state index is 0.932. The fourth-order valence-corrected chi connectivity index (χ4v) is 3.84. The first kappa shape index (κ1) is 12.0. The Kier molecular flexibility index (Phi) is 3.55. The Labute approximate surface area is 110 Å². The third-order valence-corrected chi connectivity index (χ3v) is 4.85. The summed E-state index contributed by atoms with van der Waals surface area (Å²) < 4.78 is 5.18. The molecule has 1 aromatic carbocycles. The molecule has 0 aromatic heterocycles. The first-order valence-corrected chi connectivity index (χ1v) is 7.31. The van der Waals surface area contributed by atoms with Gasteiger partial charge in [-0.25, -0.2) is 0 Å². The Morgan fingerprint density at radius 1 is 1.17 bits per heavy atom. The second kappa shape index (κ2) is 5.31. The number of methoxy groups -OCH3 is 1. The van der Waals surface area contributed by atoms with Crippen molar-refractivity contribution in [2.24, 2.45) is 11.8 Å². The maximum atomic E-state index is 5.18. The van der Waals surface area contributed by atoms with Crippen molar-refractivity contribution >= 4 is 0 Å². The lowest BCUT2D eigenvalue weighted by molar-refractivity contribution is -0.694. The van der Waals surface area contributed by atoms with E-state index in [1.165, 1.54) is 44.2 Å². The van der Waals surface area contributed by atoms with Gasteiger partial charge in [-0.05, 0) is 42.9 Å². The van der Waals surface area contributed by atoms with Gasteiger partial charge in [0.1, 0.15) is 5.75 Å². The molecule has 18 heavy (non-hydrogen) atoms. The van der Waals surface area contributed by atoms with Crippen LogP contribution in [-0.2, 0) is 6.42 Å². The van der Waals surface area contributed by atoms with Gasteiger partial charge in [-0.2, -0.15) is 0 Å². The molecule has 3 atom stereocenters. The van der Waals surface area contributed by atoms with Gasteiger partial charge < -0.3 is 10.1 Å². The molecule has 2 heteroatoms. The molecule has 2 aliphatic carbocycles. The summed E-state index contributed by atoms with van der Waals surface area (Å²) in [7, 11) is 1.72. The molecule has 2 bridgehead atoms. The number of quaternary nitrogens is 1. The Bertz CT molecular complexity index is 387. The van der Waals surface area contributed by atoms with E-state index in [0.717, 1.165) is 23.6 Å². The van der Waals surface area contributed by atoms with Crippen LogP contribution < -0.4 is 10.1 Å². The molecular formula is C16H24NO+. The summed E-state index contributed by atoms with van der Waals surface area (Å²) >= 11 is 0. The van der Waals surface area contributed by atoms with Crippen LogP contribution in [0.5, 0.6) is 5.75 Å². The topological polar surface area (TPSA) is 25.8 Å². The van der Waals surface area contributed by atoms with Crippen molar-refractivity contribution < 1.29 is 10.1 Å². The molecule has 3 rings (SSSR count). The molecule has 2 saturated carbocycles. The molecule has 0 unspecified atom stereocenters. The molecular weight excluding hydrogens is 222 g/mol. The van der Waals surface area contributed by atoms with Crippen molar-refractivity contribution in [3.63, 3.8) is 0 Å². The number of nitrogens with two attached hydrogens (primary N) is 1. The van der Waals surface area contributed by atoms with E-state index in [0.29, 0.717) is 0 Å². The Morgan fingerprint density at radius 3 is 2.61 bits per heavy atom. The van der Waals surface area contributed by atoms with Gasteiger partial charge in [-0.3, -0.25) is 0 Å². The smallest absolute Gasteiger partial charge is 0.118 e. The minimum Gasteiger partial charge on any atom is -0.497 e. The van der Waals surface area contributed by atoms with Crippen LogP contribution in [0.4, 0.5) is 0 Å². The maximum Gasteiger partial charge on any atom is 0.118 e. The SMILES string of the molecule is COc1ccc(CC[NH2+][C@@H]2C[C@H]3CC[C@@H]2C3)cc1. The zero-order valence-electron chi connectivity index (χ0n) is 11.3. The molecule has 2 fully saturated rings. The van der Waals surface area contributed by atoms with Crippen molar-refractivity contribution in [1.29, 1.82) is 0 Å². The van der Waals surface area contributed by atoms with Gasteiger partial charge in [0.2, 0.25) is 0 Å². The average molecular weight is 246 g/mol. The van der Waals surface area contributed by atoms with Crippen LogP contribution in [0.15, 0.2) is 24.3 Å². The summed E-state index contributed by atoms with van der Waals surface area (Å²) in [5.41, 5.74) is 1.43. The van der Waals surface area contributed by atoms with Gasteiger partial charge in [-0.1, -0.05) is 12.1 Å². The number of hydrogen-bond acceptors (Lipinski definition) is 1. The third-order valence-electron chi connectivity index (χ3n) is 4.85. The average Bonchev–Trinajstić information content (AvgIpc) is 3.02. The molecule has 0 radical (unpaired) electrons. The van der Waals surface area contributed by atoms with Gasteiger partial charge in [0.15, 0.2) is 0 Å². The predicted molar refractivity (Wildman–Crippen MR) is 72.7 cm³/mol. The maximum absolute atomic E-state index is 5.18. The molecule has 1 aromatic rings. The van der Waals surface area contributed by atoms with Crippen molar-refractivity contribution in [2.75, 3.05) is 13.7 Å². The number of fused-ring (bicyclic) bond motifs is 2. The van der Waals surface area contributed by atoms with Gasteiger partial charge in [0.25, 0.3) is 0 Å². The number of rotatable bonds is 5. The van der Waals surface area contributed by atoms with Crippen LogP contribution in [0, 0.1) is 11.8 Å². The second-order valence-corrected chi connectivity index (χ2v) is 5.96. The van der Waals surface area contributed by atoms with Crippen LogP contribution in [0.3, 0.4) is 0 Å². The van der Waals surface area contributed by atoms with Gasteiger partial charge in [0, 0.05) is 18.8 Å². The zero-order chi connectivity index (χ0) is 12.4. The third kappa shape index (κ3) is 2.54. The fourth-order valence-electron chi connectivity index (χ4n) is 3.84. The molecule has 98 valence electrons. The van der Waals surface area contributed by atoms with E-state index < -0.39 is 0 Å². The van der Waals surface area contributed by atoms with E-state index in [-0.39, 0.29) is 0 Å². The highest BCUT2D eigenvalue weighted by Gasteiger charge is 2.41. The van der Waals surface area contributed by atoms with Crippen LogP contribution in [0.25, 0.3) is 0 Å². The molecule has 2 N–H and O–H groups in total. The van der Waals surface area contributed by atoms with E-state index in [1.807, 2.05) is 0 Å². The Hall–Kier alpha value is -1.02. The van der Waals surface area contributed by atoms with Gasteiger partial charge >= 0.3 is 0 Å². The summed E-state index contributed by atoms with van der Waals surface area (Å²) in [5.74, 6) is 3.05. The van der Waals surface area contributed by atoms with E-state index in [4.69, 9.17) is 4.74 Å². The monoisotopic (exact) mass is 246 g/mol. The Balaban J connectivity index is 1.44. The predicted octanol–water partition coefficient (Wildman–Crippen LogP) is 1.99. The lowest BCUT2D eigenvalue weighted by Crippen LogP contribution is -2.91. The number of benzene rings is 1. The summed E-state index contributed by atoms with van der Waals surface area (Å²) in [6.45, 7) is 1.24. The molecule has 0 saturated heterocycles. The highest BCUT2D eigenvalue weighted by Crippen LogP contribution is 2.42. The van der Waals surface area contributed by atoms with Crippen LogP contribution in [0.1, 0.15) is 31.2 Å². The summed E-state index contributed by atoms with van der Waals surface area (Å²) in [6.07, 6.45) is 7.18. The van der Waals surface area contributed by atoms with Crippen LogP contribution in [0.2, 0.25) is 0 Å². The zero-order valence-corrected chi connectivity index (χ0v) is 11.3. The molecule has 0 aliphatic heterocycles. The number of hydrogen-bond donors (Lipinski definition) is 1. The first-order valence-electron chi connectivity index (χ1n) is 7.31. The van der Waals surface area contributed by atoms with Crippen LogP contribution >= 0.6 is 0 Å². The molecule has 2 aliphatic rings. The molecule has 2 nitrogen and oxygen atoms in total. The van der Waals surface area contributed by atoms with E-state index >= 15 is 0 Å². The fraction of sp³-hybridized carbons (Fsp3) is 0.625. The van der Waals surface area contributed by atoms with Crippen molar-refractivity contribution in [1.82, 2.24) is 0 Å². The largest absolute Gasteiger partial charge is 0.497 e. The molecule has 0 heterocycles.